The molecule has 0 spiro atoms. The molecular formula is C17H24BrNO. The largest absolute Gasteiger partial charge is 0.346 e. The van der Waals surface area contributed by atoms with E-state index in [9.17, 15) is 4.79 Å². The number of aryl methyl sites for hydroxylation is 2. The molecule has 2 rings (SSSR count). The van der Waals surface area contributed by atoms with Crippen molar-refractivity contribution in [1.29, 1.82) is 0 Å². The zero-order valence-electron chi connectivity index (χ0n) is 12.6. The molecule has 0 aliphatic heterocycles. The van der Waals surface area contributed by atoms with Crippen LogP contribution in [0.25, 0.3) is 0 Å². The topological polar surface area (TPSA) is 29.1 Å². The van der Waals surface area contributed by atoms with Gasteiger partial charge in [0.1, 0.15) is 0 Å². The van der Waals surface area contributed by atoms with E-state index in [1.165, 1.54) is 24.0 Å². The SMILES string of the molecule is Cc1ccc(C(=O)NC2(CBr)CCC(C)CC2)cc1C. The van der Waals surface area contributed by atoms with Crippen LogP contribution in [0.5, 0.6) is 0 Å². The highest BCUT2D eigenvalue weighted by Gasteiger charge is 2.34. The first-order valence-electron chi connectivity index (χ1n) is 7.41. The fraction of sp³-hybridized carbons (Fsp3) is 0.588. The summed E-state index contributed by atoms with van der Waals surface area (Å²) in [6, 6.07) is 5.93. The lowest BCUT2D eigenvalue weighted by Gasteiger charge is -2.39. The second-order valence-corrected chi connectivity index (χ2v) is 6.91. The standard InChI is InChI=1S/C17H24BrNO/c1-12-6-8-17(11-18,9-7-12)19-16(20)15-5-4-13(2)14(3)10-15/h4-5,10,12H,6-9,11H2,1-3H3,(H,19,20). The van der Waals surface area contributed by atoms with E-state index >= 15 is 0 Å². The molecule has 1 aliphatic rings. The Balaban J connectivity index is 2.11. The van der Waals surface area contributed by atoms with E-state index in [0.29, 0.717) is 0 Å². The summed E-state index contributed by atoms with van der Waals surface area (Å²) in [4.78, 5) is 12.5. The molecule has 0 aromatic heterocycles. The van der Waals surface area contributed by atoms with E-state index in [-0.39, 0.29) is 11.4 Å². The minimum Gasteiger partial charge on any atom is -0.346 e. The second kappa shape index (κ2) is 6.30. The summed E-state index contributed by atoms with van der Waals surface area (Å²) in [5.74, 6) is 0.836. The summed E-state index contributed by atoms with van der Waals surface area (Å²) in [7, 11) is 0. The van der Waals surface area contributed by atoms with Gasteiger partial charge in [0, 0.05) is 10.9 Å². The molecule has 1 aromatic rings. The van der Waals surface area contributed by atoms with Crippen LogP contribution in [0, 0.1) is 19.8 Å². The first-order chi connectivity index (χ1) is 9.46. The van der Waals surface area contributed by atoms with Crippen molar-refractivity contribution >= 4 is 21.8 Å². The van der Waals surface area contributed by atoms with Gasteiger partial charge < -0.3 is 5.32 Å². The Labute approximate surface area is 130 Å². The summed E-state index contributed by atoms with van der Waals surface area (Å²) < 4.78 is 0. The quantitative estimate of drug-likeness (QED) is 0.815. The van der Waals surface area contributed by atoms with Gasteiger partial charge in [0.2, 0.25) is 0 Å². The number of hydrogen-bond acceptors (Lipinski definition) is 1. The van der Waals surface area contributed by atoms with E-state index in [1.54, 1.807) is 0 Å². The predicted octanol–water partition coefficient (Wildman–Crippen LogP) is 4.38. The van der Waals surface area contributed by atoms with Crippen LogP contribution in [0.2, 0.25) is 0 Å². The highest BCUT2D eigenvalue weighted by Crippen LogP contribution is 2.33. The van der Waals surface area contributed by atoms with Crippen molar-refractivity contribution in [2.75, 3.05) is 5.33 Å². The zero-order valence-corrected chi connectivity index (χ0v) is 14.2. The number of hydrogen-bond donors (Lipinski definition) is 1. The number of carbonyl (C=O) groups is 1. The van der Waals surface area contributed by atoms with Crippen LogP contribution in [-0.4, -0.2) is 16.8 Å². The Bertz CT molecular complexity index is 490. The maximum atomic E-state index is 12.5. The van der Waals surface area contributed by atoms with Gasteiger partial charge in [-0.3, -0.25) is 4.79 Å². The van der Waals surface area contributed by atoms with Crippen LogP contribution in [0.15, 0.2) is 18.2 Å². The lowest BCUT2D eigenvalue weighted by Crippen LogP contribution is -2.52. The smallest absolute Gasteiger partial charge is 0.251 e. The van der Waals surface area contributed by atoms with Crippen LogP contribution < -0.4 is 5.32 Å². The maximum absolute atomic E-state index is 12.5. The first kappa shape index (κ1) is 15.6. The number of alkyl halides is 1. The molecule has 1 aromatic carbocycles. The van der Waals surface area contributed by atoms with Gasteiger partial charge in [0.25, 0.3) is 5.91 Å². The molecule has 1 N–H and O–H groups in total. The van der Waals surface area contributed by atoms with E-state index in [1.807, 2.05) is 18.2 Å². The zero-order chi connectivity index (χ0) is 14.8. The third-order valence-corrected chi connectivity index (χ3v) is 5.71. The third kappa shape index (κ3) is 3.43. The molecule has 0 atom stereocenters. The Hall–Kier alpha value is -0.830. The van der Waals surface area contributed by atoms with E-state index in [4.69, 9.17) is 0 Å². The van der Waals surface area contributed by atoms with Gasteiger partial charge in [-0.05, 0) is 68.7 Å². The molecule has 1 saturated carbocycles. The number of rotatable bonds is 3. The summed E-state index contributed by atoms with van der Waals surface area (Å²) in [5.41, 5.74) is 3.10. The van der Waals surface area contributed by atoms with Gasteiger partial charge in [0.05, 0.1) is 5.54 Å². The molecule has 110 valence electrons. The molecule has 0 heterocycles. The molecule has 0 radical (unpaired) electrons. The number of carbonyl (C=O) groups excluding carboxylic acids is 1. The van der Waals surface area contributed by atoms with Crippen molar-refractivity contribution in [3.8, 4) is 0 Å². The highest BCUT2D eigenvalue weighted by atomic mass is 79.9. The van der Waals surface area contributed by atoms with Gasteiger partial charge in [-0.15, -0.1) is 0 Å². The molecule has 1 amide bonds. The molecule has 20 heavy (non-hydrogen) atoms. The Morgan fingerprint density at radius 1 is 1.30 bits per heavy atom. The Morgan fingerprint density at radius 3 is 2.50 bits per heavy atom. The predicted molar refractivity (Wildman–Crippen MR) is 87.5 cm³/mol. The Kier molecular flexibility index (Phi) is 4.90. The lowest BCUT2D eigenvalue weighted by molar-refractivity contribution is 0.0874. The third-order valence-electron chi connectivity index (χ3n) is 4.63. The highest BCUT2D eigenvalue weighted by molar-refractivity contribution is 9.09. The average molecular weight is 338 g/mol. The van der Waals surface area contributed by atoms with Crippen LogP contribution >= 0.6 is 15.9 Å². The van der Waals surface area contributed by atoms with Gasteiger partial charge in [-0.1, -0.05) is 28.9 Å². The van der Waals surface area contributed by atoms with Gasteiger partial charge in [-0.2, -0.15) is 0 Å². The van der Waals surface area contributed by atoms with Crippen molar-refractivity contribution in [2.45, 2.75) is 52.0 Å². The lowest BCUT2D eigenvalue weighted by atomic mass is 9.78. The molecular weight excluding hydrogens is 314 g/mol. The number of benzene rings is 1. The van der Waals surface area contributed by atoms with Crippen LogP contribution in [0.4, 0.5) is 0 Å². The Morgan fingerprint density at radius 2 is 1.95 bits per heavy atom. The number of amides is 1. The van der Waals surface area contributed by atoms with Gasteiger partial charge in [-0.25, -0.2) is 0 Å². The van der Waals surface area contributed by atoms with E-state index in [2.05, 4.69) is 42.0 Å². The fourth-order valence-electron chi connectivity index (χ4n) is 2.80. The van der Waals surface area contributed by atoms with Crippen molar-refractivity contribution in [3.63, 3.8) is 0 Å². The van der Waals surface area contributed by atoms with Crippen molar-refractivity contribution in [2.24, 2.45) is 5.92 Å². The monoisotopic (exact) mass is 337 g/mol. The summed E-state index contributed by atoms with van der Waals surface area (Å²) in [6.07, 6.45) is 4.52. The maximum Gasteiger partial charge on any atom is 0.251 e. The molecule has 3 heteroatoms. The summed E-state index contributed by atoms with van der Waals surface area (Å²) in [5, 5.41) is 4.12. The van der Waals surface area contributed by atoms with Crippen molar-refractivity contribution in [3.05, 3.63) is 34.9 Å². The molecule has 0 unspecified atom stereocenters. The van der Waals surface area contributed by atoms with Crippen LogP contribution in [0.1, 0.15) is 54.1 Å². The van der Waals surface area contributed by atoms with Crippen LogP contribution in [0.3, 0.4) is 0 Å². The van der Waals surface area contributed by atoms with Crippen molar-refractivity contribution < 1.29 is 4.79 Å². The molecule has 2 nitrogen and oxygen atoms in total. The van der Waals surface area contributed by atoms with Crippen molar-refractivity contribution in [1.82, 2.24) is 5.32 Å². The van der Waals surface area contributed by atoms with E-state index in [0.717, 1.165) is 29.7 Å². The normalized spacial score (nSPS) is 26.3. The summed E-state index contributed by atoms with van der Waals surface area (Å²) in [6.45, 7) is 6.41. The second-order valence-electron chi connectivity index (χ2n) is 6.35. The fourth-order valence-corrected chi connectivity index (χ4v) is 3.50. The first-order valence-corrected chi connectivity index (χ1v) is 8.54. The van der Waals surface area contributed by atoms with Gasteiger partial charge >= 0.3 is 0 Å². The number of nitrogens with one attached hydrogen (secondary N) is 1. The van der Waals surface area contributed by atoms with E-state index < -0.39 is 0 Å². The summed E-state index contributed by atoms with van der Waals surface area (Å²) >= 11 is 3.60. The molecule has 1 aliphatic carbocycles. The molecule has 0 bridgehead atoms. The van der Waals surface area contributed by atoms with Crippen LogP contribution in [-0.2, 0) is 0 Å². The van der Waals surface area contributed by atoms with Gasteiger partial charge in [0.15, 0.2) is 0 Å². The minimum absolute atomic E-state index is 0.0575. The number of halogens is 1. The molecule has 0 saturated heterocycles. The minimum atomic E-state index is -0.0671. The average Bonchev–Trinajstić information content (AvgIpc) is 2.44. The molecule has 1 fully saturated rings.